The molecule has 0 aliphatic rings. The van der Waals surface area contributed by atoms with Crippen molar-refractivity contribution in [1.82, 2.24) is 4.98 Å². The number of aryl methyl sites for hydroxylation is 1. The number of hydrogen-bond donors (Lipinski definition) is 1. The molecule has 0 saturated heterocycles. The van der Waals surface area contributed by atoms with E-state index < -0.39 is 27.7 Å². The number of alkyl halides is 3. The highest BCUT2D eigenvalue weighted by Crippen LogP contribution is 2.39. The molecule has 0 bridgehead atoms. The van der Waals surface area contributed by atoms with Crippen LogP contribution in [0.1, 0.15) is 37.3 Å². The molecule has 4 rings (SSSR count). The molecule has 0 aliphatic carbocycles. The molecule has 4 aromatic rings. The molecule has 1 aromatic heterocycles. The van der Waals surface area contributed by atoms with Crippen LogP contribution >= 0.6 is 0 Å². The van der Waals surface area contributed by atoms with Crippen molar-refractivity contribution in [1.29, 1.82) is 0 Å². The van der Waals surface area contributed by atoms with Gasteiger partial charge in [0.2, 0.25) is 0 Å². The van der Waals surface area contributed by atoms with Crippen LogP contribution in [0.15, 0.2) is 77.8 Å². The van der Waals surface area contributed by atoms with Crippen molar-refractivity contribution in [2.75, 3.05) is 5.75 Å². The summed E-state index contributed by atoms with van der Waals surface area (Å²) in [4.78, 5) is 4.16. The van der Waals surface area contributed by atoms with E-state index >= 15 is 0 Å². The number of aliphatic hydroxyl groups excluding tert-OH is 1. The first-order valence-electron chi connectivity index (χ1n) is 12.2. The second-order valence-electron chi connectivity index (χ2n) is 9.17. The Morgan fingerprint density at radius 2 is 1.66 bits per heavy atom. The zero-order chi connectivity index (χ0) is 27.5. The first-order valence-corrected chi connectivity index (χ1v) is 13.9. The maximum absolute atomic E-state index is 13.6. The summed E-state index contributed by atoms with van der Waals surface area (Å²) in [5.74, 6) is 0.515. The number of aliphatic hydroxyl groups is 1. The molecule has 200 valence electrons. The SMILES string of the molecule is CCCC(O)CCS(=O)(=O)c1cccc(Oc2cccc(-c3c(C)cnc4c(C(F)(F)F)cccc34)c2)c1. The monoisotopic (exact) mass is 543 g/mol. The number of para-hydroxylation sites is 1. The molecule has 1 N–H and O–H groups in total. The van der Waals surface area contributed by atoms with Crippen LogP contribution in [0.2, 0.25) is 0 Å². The summed E-state index contributed by atoms with van der Waals surface area (Å²) in [5, 5.41) is 10.3. The number of pyridine rings is 1. The van der Waals surface area contributed by atoms with Crippen molar-refractivity contribution < 1.29 is 31.4 Å². The number of benzene rings is 3. The fourth-order valence-electron chi connectivity index (χ4n) is 4.40. The van der Waals surface area contributed by atoms with Crippen LogP contribution in [0, 0.1) is 6.92 Å². The van der Waals surface area contributed by atoms with Crippen LogP contribution in [0.4, 0.5) is 13.2 Å². The second-order valence-corrected chi connectivity index (χ2v) is 11.3. The van der Waals surface area contributed by atoms with Gasteiger partial charge in [-0.05, 0) is 72.9 Å². The van der Waals surface area contributed by atoms with Crippen LogP contribution in [0.3, 0.4) is 0 Å². The lowest BCUT2D eigenvalue weighted by Gasteiger charge is -2.15. The third-order valence-corrected chi connectivity index (χ3v) is 8.00. The molecular formula is C29H28F3NO4S. The number of sulfone groups is 1. The first kappa shape index (κ1) is 27.6. The molecule has 0 radical (unpaired) electrons. The molecule has 5 nitrogen and oxygen atoms in total. The van der Waals surface area contributed by atoms with E-state index in [1.54, 1.807) is 49.4 Å². The van der Waals surface area contributed by atoms with Crippen LogP contribution < -0.4 is 4.74 Å². The molecule has 38 heavy (non-hydrogen) atoms. The Hall–Kier alpha value is -3.43. The van der Waals surface area contributed by atoms with E-state index in [0.717, 1.165) is 12.5 Å². The molecule has 0 spiro atoms. The number of nitrogens with zero attached hydrogens (tertiary/aromatic N) is 1. The molecule has 0 aliphatic heterocycles. The molecule has 9 heteroatoms. The number of ether oxygens (including phenoxy) is 1. The van der Waals surface area contributed by atoms with Crippen molar-refractivity contribution in [3.63, 3.8) is 0 Å². The molecule has 1 unspecified atom stereocenters. The minimum Gasteiger partial charge on any atom is -0.457 e. The maximum Gasteiger partial charge on any atom is 0.418 e. The van der Waals surface area contributed by atoms with Gasteiger partial charge in [0.05, 0.1) is 27.8 Å². The quantitative estimate of drug-likeness (QED) is 0.239. The summed E-state index contributed by atoms with van der Waals surface area (Å²) >= 11 is 0. The normalized spacial score (nSPS) is 13.0. The Labute approximate surface area is 219 Å². The van der Waals surface area contributed by atoms with Gasteiger partial charge in [0.1, 0.15) is 11.5 Å². The van der Waals surface area contributed by atoms with Crippen LogP contribution in [-0.4, -0.2) is 30.4 Å². The third kappa shape index (κ3) is 6.16. The van der Waals surface area contributed by atoms with Crippen LogP contribution in [0.5, 0.6) is 11.5 Å². The van der Waals surface area contributed by atoms with Gasteiger partial charge >= 0.3 is 6.18 Å². The van der Waals surface area contributed by atoms with Gasteiger partial charge in [0, 0.05) is 11.6 Å². The van der Waals surface area contributed by atoms with Gasteiger partial charge in [-0.3, -0.25) is 4.98 Å². The highest BCUT2D eigenvalue weighted by molar-refractivity contribution is 7.91. The zero-order valence-electron chi connectivity index (χ0n) is 21.0. The van der Waals surface area contributed by atoms with Crippen molar-refractivity contribution in [2.24, 2.45) is 0 Å². The van der Waals surface area contributed by atoms with E-state index in [4.69, 9.17) is 4.74 Å². The fraction of sp³-hybridized carbons (Fsp3) is 0.276. The Kier molecular flexibility index (Phi) is 8.08. The van der Waals surface area contributed by atoms with Crippen LogP contribution in [0.25, 0.3) is 22.0 Å². The standard InChI is InChI=1S/C29H28F3NO4S/c1-3-7-21(34)14-15-38(35,36)24-11-5-10-23(17-24)37-22-9-4-8-20(16-22)27-19(2)18-33-28-25(27)12-6-13-26(28)29(30,31)32/h4-6,8-13,16-18,21,34H,3,7,14-15H2,1-2H3. The number of fused-ring (bicyclic) bond motifs is 1. The lowest BCUT2D eigenvalue weighted by Crippen LogP contribution is -2.15. The number of rotatable bonds is 9. The zero-order valence-corrected chi connectivity index (χ0v) is 21.8. The molecular weight excluding hydrogens is 515 g/mol. The smallest absolute Gasteiger partial charge is 0.418 e. The predicted octanol–water partition coefficient (Wildman–Crippen LogP) is 7.35. The molecule has 0 amide bonds. The van der Waals surface area contributed by atoms with Gasteiger partial charge in [0.15, 0.2) is 9.84 Å². The third-order valence-electron chi connectivity index (χ3n) is 6.26. The van der Waals surface area contributed by atoms with E-state index in [9.17, 15) is 26.7 Å². The molecule has 0 saturated carbocycles. The Balaban J connectivity index is 1.65. The van der Waals surface area contributed by atoms with Crippen LogP contribution in [-0.2, 0) is 16.0 Å². The number of aromatic nitrogens is 1. The highest BCUT2D eigenvalue weighted by Gasteiger charge is 2.33. The van der Waals surface area contributed by atoms with Crippen molar-refractivity contribution in [3.8, 4) is 22.6 Å². The summed E-state index contributed by atoms with van der Waals surface area (Å²) in [6.45, 7) is 3.70. The largest absolute Gasteiger partial charge is 0.457 e. The number of halogens is 3. The van der Waals surface area contributed by atoms with Crippen molar-refractivity contribution in [2.45, 2.75) is 50.3 Å². The van der Waals surface area contributed by atoms with E-state index in [1.807, 2.05) is 6.92 Å². The Morgan fingerprint density at radius 1 is 0.974 bits per heavy atom. The van der Waals surface area contributed by atoms with E-state index in [0.29, 0.717) is 40.0 Å². The van der Waals surface area contributed by atoms with E-state index in [1.165, 1.54) is 24.4 Å². The highest BCUT2D eigenvalue weighted by atomic mass is 32.2. The minimum absolute atomic E-state index is 0.0884. The van der Waals surface area contributed by atoms with Crippen molar-refractivity contribution in [3.05, 3.63) is 84.1 Å². The van der Waals surface area contributed by atoms with Gasteiger partial charge in [0.25, 0.3) is 0 Å². The molecule has 1 heterocycles. The summed E-state index contributed by atoms with van der Waals surface area (Å²) in [6.07, 6.45) is -2.33. The molecule has 0 fully saturated rings. The summed E-state index contributed by atoms with van der Waals surface area (Å²) < 4.78 is 72.3. The molecule has 1 atom stereocenters. The summed E-state index contributed by atoms with van der Waals surface area (Å²) in [7, 11) is -3.62. The second kappa shape index (κ2) is 11.1. The first-order chi connectivity index (χ1) is 18.0. The lowest BCUT2D eigenvalue weighted by atomic mass is 9.95. The average molecular weight is 544 g/mol. The lowest BCUT2D eigenvalue weighted by molar-refractivity contribution is -0.136. The fourth-order valence-corrected chi connectivity index (χ4v) is 5.80. The van der Waals surface area contributed by atoms with Crippen molar-refractivity contribution >= 4 is 20.7 Å². The summed E-state index contributed by atoms with van der Waals surface area (Å²) in [5.41, 5.74) is 1.01. The minimum atomic E-state index is -4.54. The van der Waals surface area contributed by atoms with Gasteiger partial charge in [-0.1, -0.05) is 43.7 Å². The average Bonchev–Trinajstić information content (AvgIpc) is 2.87. The van der Waals surface area contributed by atoms with Gasteiger partial charge in [-0.2, -0.15) is 13.2 Å². The van der Waals surface area contributed by atoms with E-state index in [2.05, 4.69) is 4.98 Å². The van der Waals surface area contributed by atoms with Gasteiger partial charge in [-0.25, -0.2) is 8.42 Å². The predicted molar refractivity (Wildman–Crippen MR) is 141 cm³/mol. The summed E-state index contributed by atoms with van der Waals surface area (Å²) in [6, 6.07) is 17.0. The Morgan fingerprint density at radius 3 is 2.37 bits per heavy atom. The topological polar surface area (TPSA) is 76.5 Å². The van der Waals surface area contributed by atoms with Gasteiger partial charge in [-0.15, -0.1) is 0 Å². The maximum atomic E-state index is 13.6. The number of hydrogen-bond acceptors (Lipinski definition) is 5. The Bertz CT molecular complexity index is 1550. The molecule has 3 aromatic carbocycles. The van der Waals surface area contributed by atoms with Gasteiger partial charge < -0.3 is 9.84 Å². The van der Waals surface area contributed by atoms with E-state index in [-0.39, 0.29) is 22.6 Å².